The van der Waals surface area contributed by atoms with Gasteiger partial charge >= 0.3 is 5.69 Å². The number of nitrogens with one attached hydrogen (secondary N) is 1. The van der Waals surface area contributed by atoms with E-state index in [4.69, 9.17) is 0 Å². The highest BCUT2D eigenvalue weighted by atomic mass is 16.2. The first-order valence-corrected chi connectivity index (χ1v) is 11.2. The Labute approximate surface area is 181 Å². The molecule has 2 aromatic carbocycles. The first-order chi connectivity index (χ1) is 15.1. The lowest BCUT2D eigenvalue weighted by molar-refractivity contribution is -0.132. The number of carbonyl (C=O) groups excluding carboxylic acids is 1. The van der Waals surface area contributed by atoms with Crippen molar-refractivity contribution in [2.24, 2.45) is 5.92 Å². The lowest BCUT2D eigenvalue weighted by Crippen LogP contribution is -2.39. The first kappa shape index (κ1) is 21.1. The highest BCUT2D eigenvalue weighted by Crippen LogP contribution is 2.22. The zero-order valence-corrected chi connectivity index (χ0v) is 17.8. The lowest BCUT2D eigenvalue weighted by Gasteiger charge is -2.32. The van der Waals surface area contributed by atoms with Gasteiger partial charge in [-0.15, -0.1) is 0 Å². The van der Waals surface area contributed by atoms with Crippen molar-refractivity contribution in [3.05, 3.63) is 81.0 Å². The number of hydrogen-bond donors (Lipinski definition) is 1. The molecule has 6 heteroatoms. The third-order valence-electron chi connectivity index (χ3n) is 6.25. The fourth-order valence-corrected chi connectivity index (χ4v) is 4.44. The molecule has 4 rings (SSSR count). The summed E-state index contributed by atoms with van der Waals surface area (Å²) in [5, 5.41) is 0.511. The molecule has 162 valence electrons. The number of benzene rings is 2. The molecule has 1 aromatic heterocycles. The Hall–Kier alpha value is -3.15. The van der Waals surface area contributed by atoms with Gasteiger partial charge in [0.15, 0.2) is 0 Å². The maximum absolute atomic E-state index is 12.6. The molecule has 1 fully saturated rings. The number of hydrogen-bond acceptors (Lipinski definition) is 3. The zero-order chi connectivity index (χ0) is 21.6. The van der Waals surface area contributed by atoms with Gasteiger partial charge in [-0.25, -0.2) is 4.79 Å². The van der Waals surface area contributed by atoms with E-state index in [1.807, 2.05) is 11.0 Å². The van der Waals surface area contributed by atoms with Gasteiger partial charge in [0.2, 0.25) is 5.91 Å². The van der Waals surface area contributed by atoms with Crippen LogP contribution in [-0.4, -0.2) is 33.4 Å². The molecule has 0 spiro atoms. The Balaban J connectivity index is 1.23. The maximum atomic E-state index is 12.6. The van der Waals surface area contributed by atoms with E-state index >= 15 is 0 Å². The largest absolute Gasteiger partial charge is 0.343 e. The van der Waals surface area contributed by atoms with Crippen LogP contribution in [0.1, 0.15) is 37.7 Å². The van der Waals surface area contributed by atoms with Crippen LogP contribution in [0.4, 0.5) is 0 Å². The minimum absolute atomic E-state index is 0.179. The van der Waals surface area contributed by atoms with E-state index in [1.165, 1.54) is 10.1 Å². The van der Waals surface area contributed by atoms with E-state index in [1.54, 1.807) is 24.3 Å². The lowest BCUT2D eigenvalue weighted by atomic mass is 9.90. The van der Waals surface area contributed by atoms with E-state index in [9.17, 15) is 14.4 Å². The topological polar surface area (TPSA) is 75.2 Å². The maximum Gasteiger partial charge on any atom is 0.328 e. The fraction of sp³-hybridized carbons (Fsp3) is 0.400. The van der Waals surface area contributed by atoms with E-state index in [0.29, 0.717) is 42.6 Å². The van der Waals surface area contributed by atoms with Crippen LogP contribution in [-0.2, 0) is 17.8 Å². The van der Waals surface area contributed by atoms with Crippen LogP contribution in [0.25, 0.3) is 10.9 Å². The third kappa shape index (κ3) is 5.13. The zero-order valence-electron chi connectivity index (χ0n) is 17.8. The predicted molar refractivity (Wildman–Crippen MR) is 122 cm³/mol. The summed E-state index contributed by atoms with van der Waals surface area (Å²) in [6.07, 6.45) is 4.92. The molecule has 1 amide bonds. The summed E-state index contributed by atoms with van der Waals surface area (Å²) in [7, 11) is 0. The third-order valence-corrected chi connectivity index (χ3v) is 6.25. The molecule has 1 N–H and O–H groups in total. The van der Waals surface area contributed by atoms with Gasteiger partial charge in [-0.1, -0.05) is 42.5 Å². The van der Waals surface area contributed by atoms with Crippen molar-refractivity contribution in [2.75, 3.05) is 13.1 Å². The van der Waals surface area contributed by atoms with Crippen LogP contribution in [0, 0.1) is 5.92 Å². The number of carbonyl (C=O) groups is 1. The molecule has 0 bridgehead atoms. The van der Waals surface area contributed by atoms with Crippen molar-refractivity contribution in [3.63, 3.8) is 0 Å². The molecular weight excluding hydrogens is 390 g/mol. The molecule has 0 saturated carbocycles. The molecule has 3 aromatic rings. The van der Waals surface area contributed by atoms with Crippen LogP contribution in [0.3, 0.4) is 0 Å². The Morgan fingerprint density at radius 3 is 2.42 bits per heavy atom. The summed E-state index contributed by atoms with van der Waals surface area (Å²) in [5.74, 6) is 0.816. The van der Waals surface area contributed by atoms with Crippen LogP contribution in [0.2, 0.25) is 0 Å². The normalized spacial score (nSPS) is 14.8. The molecule has 0 atom stereocenters. The minimum Gasteiger partial charge on any atom is -0.343 e. The smallest absolute Gasteiger partial charge is 0.328 e. The van der Waals surface area contributed by atoms with E-state index in [0.717, 1.165) is 32.4 Å². The van der Waals surface area contributed by atoms with Crippen LogP contribution in [0.5, 0.6) is 0 Å². The first-order valence-electron chi connectivity index (χ1n) is 11.2. The molecule has 2 heterocycles. The van der Waals surface area contributed by atoms with E-state index in [-0.39, 0.29) is 11.5 Å². The predicted octanol–water partition coefficient (Wildman–Crippen LogP) is 3.34. The molecular formula is C25H29N3O3. The number of fused-ring (bicyclic) bond motifs is 1. The number of aromatic amines is 1. The summed E-state index contributed by atoms with van der Waals surface area (Å²) in [5.41, 5.74) is 1.26. The second kappa shape index (κ2) is 9.77. The van der Waals surface area contributed by atoms with Gasteiger partial charge < -0.3 is 9.88 Å². The van der Waals surface area contributed by atoms with Gasteiger partial charge in [-0.2, -0.15) is 0 Å². The summed E-state index contributed by atoms with van der Waals surface area (Å²) in [6, 6.07) is 17.6. The van der Waals surface area contributed by atoms with Crippen molar-refractivity contribution in [1.82, 2.24) is 14.5 Å². The van der Waals surface area contributed by atoms with Crippen molar-refractivity contribution >= 4 is 16.8 Å². The van der Waals surface area contributed by atoms with Crippen LogP contribution in [0.15, 0.2) is 64.2 Å². The molecule has 0 radical (unpaired) electrons. The molecule has 1 aliphatic heterocycles. The SMILES string of the molecule is O=C(CCCCn1c(=O)[nH]c2ccccc2c1=O)N1CCC(Cc2ccccc2)CC1. The Kier molecular flexibility index (Phi) is 6.65. The van der Waals surface area contributed by atoms with Gasteiger partial charge in [-0.05, 0) is 55.7 Å². The highest BCUT2D eigenvalue weighted by molar-refractivity contribution is 5.77. The average molecular weight is 420 g/mol. The molecule has 0 aliphatic carbocycles. The van der Waals surface area contributed by atoms with Crippen molar-refractivity contribution in [1.29, 1.82) is 0 Å². The Bertz CT molecular complexity index is 1140. The standard InChI is InChI=1S/C25H29N3O3/c29-23(27-16-13-20(14-17-27)18-19-8-2-1-3-9-19)12-6-7-15-28-24(30)21-10-4-5-11-22(21)26-25(28)31/h1-5,8-11,20H,6-7,12-18H2,(H,26,31). The van der Waals surface area contributed by atoms with E-state index in [2.05, 4.69) is 29.2 Å². The number of H-pyrrole nitrogens is 1. The number of amides is 1. The quantitative estimate of drug-likeness (QED) is 0.597. The summed E-state index contributed by atoms with van der Waals surface area (Å²) in [4.78, 5) is 42.1. The second-order valence-electron chi connectivity index (χ2n) is 8.40. The van der Waals surface area contributed by atoms with Gasteiger partial charge in [0.05, 0.1) is 10.9 Å². The number of likely N-dealkylation sites (tertiary alicyclic amines) is 1. The fourth-order valence-electron chi connectivity index (χ4n) is 4.44. The monoisotopic (exact) mass is 419 g/mol. The number of aromatic nitrogens is 2. The van der Waals surface area contributed by atoms with Gasteiger partial charge in [0.25, 0.3) is 5.56 Å². The number of rotatable bonds is 7. The van der Waals surface area contributed by atoms with Crippen molar-refractivity contribution in [2.45, 2.75) is 45.1 Å². The molecule has 1 aliphatic rings. The highest BCUT2D eigenvalue weighted by Gasteiger charge is 2.22. The number of piperidine rings is 1. The summed E-state index contributed by atoms with van der Waals surface area (Å²) >= 11 is 0. The molecule has 0 unspecified atom stereocenters. The average Bonchev–Trinajstić information content (AvgIpc) is 2.79. The number of unbranched alkanes of at least 4 members (excludes halogenated alkanes) is 1. The second-order valence-corrected chi connectivity index (χ2v) is 8.40. The molecule has 31 heavy (non-hydrogen) atoms. The number of para-hydroxylation sites is 1. The Morgan fingerprint density at radius 1 is 0.935 bits per heavy atom. The van der Waals surface area contributed by atoms with Crippen LogP contribution < -0.4 is 11.2 Å². The summed E-state index contributed by atoms with van der Waals surface area (Å²) < 4.78 is 1.24. The molecule has 1 saturated heterocycles. The van der Waals surface area contributed by atoms with Crippen molar-refractivity contribution in [3.8, 4) is 0 Å². The number of nitrogens with zero attached hydrogens (tertiary/aromatic N) is 2. The van der Waals surface area contributed by atoms with Gasteiger partial charge in [-0.3, -0.25) is 14.2 Å². The molecule has 6 nitrogen and oxygen atoms in total. The van der Waals surface area contributed by atoms with E-state index < -0.39 is 5.69 Å². The summed E-state index contributed by atoms with van der Waals surface area (Å²) in [6.45, 7) is 1.96. The van der Waals surface area contributed by atoms with Crippen molar-refractivity contribution < 1.29 is 4.79 Å². The Morgan fingerprint density at radius 2 is 1.65 bits per heavy atom. The van der Waals surface area contributed by atoms with Gasteiger partial charge in [0.1, 0.15) is 0 Å². The van der Waals surface area contributed by atoms with Crippen LogP contribution >= 0.6 is 0 Å². The van der Waals surface area contributed by atoms with Gasteiger partial charge in [0, 0.05) is 26.1 Å². The minimum atomic E-state index is -0.393.